The highest BCUT2D eigenvalue weighted by molar-refractivity contribution is 5.31. The molecule has 2 N–H and O–H groups in total. The lowest BCUT2D eigenvalue weighted by atomic mass is 10.2. The molecule has 0 unspecified atom stereocenters. The standard InChI is InChI=1S/C11H19N3O/c1-3-5-6-7-12-10-9-11(15)14(13-10)8-4-2/h4,9,12-13H,2-3,5-8H2,1H3. The Kier molecular flexibility index (Phi) is 4.74. The topological polar surface area (TPSA) is 49.8 Å². The summed E-state index contributed by atoms with van der Waals surface area (Å²) in [4.78, 5) is 11.4. The minimum Gasteiger partial charge on any atom is -0.370 e. The van der Waals surface area contributed by atoms with Crippen LogP contribution in [-0.4, -0.2) is 16.3 Å². The predicted octanol–water partition coefficient (Wildman–Crippen LogP) is 1.96. The van der Waals surface area contributed by atoms with Crippen LogP contribution in [0, 0.1) is 0 Å². The highest BCUT2D eigenvalue weighted by Gasteiger charge is 1.99. The number of aromatic amines is 1. The molecule has 0 bridgehead atoms. The van der Waals surface area contributed by atoms with Crippen molar-refractivity contribution in [1.29, 1.82) is 0 Å². The van der Waals surface area contributed by atoms with Crippen LogP contribution in [0.25, 0.3) is 0 Å². The molecular formula is C11H19N3O. The van der Waals surface area contributed by atoms with Gasteiger partial charge in [0.1, 0.15) is 5.82 Å². The molecule has 0 saturated heterocycles. The van der Waals surface area contributed by atoms with Gasteiger partial charge in [-0.3, -0.25) is 9.89 Å². The van der Waals surface area contributed by atoms with E-state index < -0.39 is 0 Å². The third-order valence-corrected chi connectivity index (χ3v) is 2.20. The van der Waals surface area contributed by atoms with Crippen molar-refractivity contribution in [2.75, 3.05) is 11.9 Å². The Morgan fingerprint density at radius 3 is 3.07 bits per heavy atom. The SMILES string of the molecule is C=CCn1[nH]c(NCCCCC)cc1=O. The van der Waals surface area contributed by atoms with Gasteiger partial charge in [0.2, 0.25) is 0 Å². The number of H-pyrrole nitrogens is 1. The fraction of sp³-hybridized carbons (Fsp3) is 0.545. The van der Waals surface area contributed by atoms with Crippen LogP contribution in [0.3, 0.4) is 0 Å². The molecule has 4 heteroatoms. The Labute approximate surface area is 90.0 Å². The van der Waals surface area contributed by atoms with Crippen LogP contribution < -0.4 is 10.9 Å². The maximum atomic E-state index is 11.4. The minimum atomic E-state index is -0.0205. The second-order valence-corrected chi connectivity index (χ2v) is 3.54. The highest BCUT2D eigenvalue weighted by atomic mass is 16.1. The van der Waals surface area contributed by atoms with Crippen molar-refractivity contribution in [2.45, 2.75) is 32.7 Å². The first-order chi connectivity index (χ1) is 7.27. The van der Waals surface area contributed by atoms with E-state index in [1.54, 1.807) is 12.1 Å². The second-order valence-electron chi connectivity index (χ2n) is 3.54. The van der Waals surface area contributed by atoms with Gasteiger partial charge in [-0.1, -0.05) is 25.8 Å². The maximum Gasteiger partial charge on any atom is 0.268 e. The molecule has 84 valence electrons. The summed E-state index contributed by atoms with van der Waals surface area (Å²) in [5.74, 6) is 0.790. The van der Waals surface area contributed by atoms with Gasteiger partial charge in [-0.15, -0.1) is 6.58 Å². The molecule has 0 saturated carbocycles. The van der Waals surface area contributed by atoms with Crippen molar-refractivity contribution in [2.24, 2.45) is 0 Å². The van der Waals surface area contributed by atoms with Gasteiger partial charge in [-0.05, 0) is 6.42 Å². The molecule has 0 radical (unpaired) electrons. The number of allylic oxidation sites excluding steroid dienone is 1. The van der Waals surface area contributed by atoms with Crippen LogP contribution in [0.2, 0.25) is 0 Å². The summed E-state index contributed by atoms with van der Waals surface area (Å²) in [5, 5.41) is 6.17. The first-order valence-corrected chi connectivity index (χ1v) is 5.42. The van der Waals surface area contributed by atoms with E-state index in [0.29, 0.717) is 6.54 Å². The fourth-order valence-corrected chi connectivity index (χ4v) is 1.39. The van der Waals surface area contributed by atoms with Gasteiger partial charge in [0.15, 0.2) is 0 Å². The van der Waals surface area contributed by atoms with Gasteiger partial charge >= 0.3 is 0 Å². The van der Waals surface area contributed by atoms with Crippen molar-refractivity contribution in [3.8, 4) is 0 Å². The summed E-state index contributed by atoms with van der Waals surface area (Å²) in [5.41, 5.74) is -0.0205. The smallest absolute Gasteiger partial charge is 0.268 e. The number of nitrogens with zero attached hydrogens (tertiary/aromatic N) is 1. The largest absolute Gasteiger partial charge is 0.370 e. The maximum absolute atomic E-state index is 11.4. The van der Waals surface area contributed by atoms with Crippen molar-refractivity contribution >= 4 is 5.82 Å². The van der Waals surface area contributed by atoms with E-state index >= 15 is 0 Å². The number of hydrogen-bond acceptors (Lipinski definition) is 2. The highest BCUT2D eigenvalue weighted by Crippen LogP contribution is 2.00. The van der Waals surface area contributed by atoms with Crippen molar-refractivity contribution in [3.05, 3.63) is 29.1 Å². The van der Waals surface area contributed by atoms with E-state index in [1.165, 1.54) is 17.5 Å². The lowest BCUT2D eigenvalue weighted by molar-refractivity contribution is 0.677. The number of hydrogen-bond donors (Lipinski definition) is 2. The Morgan fingerprint density at radius 1 is 1.60 bits per heavy atom. The zero-order valence-corrected chi connectivity index (χ0v) is 9.25. The third kappa shape index (κ3) is 3.65. The number of aromatic nitrogens is 2. The van der Waals surface area contributed by atoms with Gasteiger partial charge in [-0.25, -0.2) is 4.68 Å². The van der Waals surface area contributed by atoms with E-state index in [-0.39, 0.29) is 5.56 Å². The number of nitrogens with one attached hydrogen (secondary N) is 2. The van der Waals surface area contributed by atoms with Crippen LogP contribution in [0.1, 0.15) is 26.2 Å². The Bertz CT molecular complexity index is 351. The molecule has 0 aliphatic heterocycles. The summed E-state index contributed by atoms with van der Waals surface area (Å²) >= 11 is 0. The zero-order valence-electron chi connectivity index (χ0n) is 9.25. The van der Waals surface area contributed by atoms with Gasteiger partial charge in [0.05, 0.1) is 6.54 Å². The van der Waals surface area contributed by atoms with E-state index in [9.17, 15) is 4.79 Å². The molecule has 1 aromatic heterocycles. The second kappa shape index (κ2) is 6.11. The van der Waals surface area contributed by atoms with Gasteiger partial charge in [0, 0.05) is 12.6 Å². The van der Waals surface area contributed by atoms with Gasteiger partial charge in [-0.2, -0.15) is 0 Å². The number of rotatable bonds is 7. The summed E-state index contributed by atoms with van der Waals surface area (Å²) in [7, 11) is 0. The fourth-order valence-electron chi connectivity index (χ4n) is 1.39. The summed E-state index contributed by atoms with van der Waals surface area (Å²) in [6, 6.07) is 1.58. The average Bonchev–Trinajstić information content (AvgIpc) is 2.55. The Balaban J connectivity index is 2.44. The summed E-state index contributed by atoms with van der Waals surface area (Å²) < 4.78 is 1.52. The third-order valence-electron chi connectivity index (χ3n) is 2.20. The molecule has 4 nitrogen and oxygen atoms in total. The number of unbranched alkanes of at least 4 members (excludes halogenated alkanes) is 2. The lowest BCUT2D eigenvalue weighted by Gasteiger charge is -2.02. The lowest BCUT2D eigenvalue weighted by Crippen LogP contribution is -2.14. The summed E-state index contributed by atoms with van der Waals surface area (Å²) in [6.45, 7) is 7.19. The molecule has 0 atom stereocenters. The van der Waals surface area contributed by atoms with E-state index in [2.05, 4.69) is 23.9 Å². The van der Waals surface area contributed by atoms with E-state index in [1.807, 2.05) is 0 Å². The zero-order chi connectivity index (χ0) is 11.1. The number of anilines is 1. The molecule has 1 rings (SSSR count). The van der Waals surface area contributed by atoms with Crippen LogP contribution in [-0.2, 0) is 6.54 Å². The molecule has 0 aliphatic carbocycles. The predicted molar refractivity (Wildman–Crippen MR) is 63.3 cm³/mol. The molecule has 1 heterocycles. The van der Waals surface area contributed by atoms with Crippen LogP contribution >= 0.6 is 0 Å². The first kappa shape index (κ1) is 11.6. The molecule has 0 fully saturated rings. The molecule has 0 amide bonds. The average molecular weight is 209 g/mol. The molecule has 1 aromatic rings. The molecule has 0 spiro atoms. The van der Waals surface area contributed by atoms with Gasteiger partial charge < -0.3 is 5.32 Å². The van der Waals surface area contributed by atoms with Crippen molar-refractivity contribution in [1.82, 2.24) is 9.78 Å². The molecule has 15 heavy (non-hydrogen) atoms. The van der Waals surface area contributed by atoms with E-state index in [4.69, 9.17) is 0 Å². The molecule has 0 aliphatic rings. The van der Waals surface area contributed by atoms with E-state index in [0.717, 1.165) is 18.8 Å². The van der Waals surface area contributed by atoms with Gasteiger partial charge in [0.25, 0.3) is 5.56 Å². The quantitative estimate of drug-likeness (QED) is 0.533. The first-order valence-electron chi connectivity index (χ1n) is 5.42. The normalized spacial score (nSPS) is 10.2. The summed E-state index contributed by atoms with van der Waals surface area (Å²) in [6.07, 6.45) is 5.24. The Morgan fingerprint density at radius 2 is 2.40 bits per heavy atom. The Hall–Kier alpha value is -1.45. The van der Waals surface area contributed by atoms with Crippen LogP contribution in [0.15, 0.2) is 23.5 Å². The van der Waals surface area contributed by atoms with Crippen LogP contribution in [0.4, 0.5) is 5.82 Å². The van der Waals surface area contributed by atoms with Crippen LogP contribution in [0.5, 0.6) is 0 Å². The molecular weight excluding hydrogens is 190 g/mol. The molecule has 0 aromatic carbocycles. The van der Waals surface area contributed by atoms with Crippen molar-refractivity contribution < 1.29 is 0 Å². The minimum absolute atomic E-state index is 0.0205. The monoisotopic (exact) mass is 209 g/mol. The van der Waals surface area contributed by atoms with Crippen molar-refractivity contribution in [3.63, 3.8) is 0 Å².